The molecule has 5 atom stereocenters. The van der Waals surface area contributed by atoms with Gasteiger partial charge < -0.3 is 26.2 Å². The highest BCUT2D eigenvalue weighted by atomic mass is 32.2. The minimum Gasteiger partial charge on any atom is -0.346 e. The van der Waals surface area contributed by atoms with Gasteiger partial charge in [-0.1, -0.05) is 44.6 Å². The minimum atomic E-state index is -3.57. The molecule has 5 aliphatic rings. The van der Waals surface area contributed by atoms with Crippen LogP contribution in [0.5, 0.6) is 0 Å². The van der Waals surface area contributed by atoms with Crippen molar-refractivity contribution in [1.29, 1.82) is 0 Å². The van der Waals surface area contributed by atoms with Gasteiger partial charge in [-0.25, -0.2) is 13.2 Å². The topological polar surface area (TPSA) is 171 Å². The summed E-state index contributed by atoms with van der Waals surface area (Å²) in [4.78, 5) is 70.9. The number of carbonyl (C=O) groups is 5. The van der Waals surface area contributed by atoms with Crippen molar-refractivity contribution < 1.29 is 32.4 Å². The second-order valence-electron chi connectivity index (χ2n) is 17.5. The molecule has 0 aromatic rings. The number of rotatable bonds is 14. The summed E-state index contributed by atoms with van der Waals surface area (Å²) in [6.45, 7) is 9.05. The van der Waals surface area contributed by atoms with E-state index in [1.807, 2.05) is 0 Å². The van der Waals surface area contributed by atoms with Crippen LogP contribution in [-0.2, 0) is 29.0 Å². The van der Waals surface area contributed by atoms with Crippen molar-refractivity contribution in [3.8, 4) is 12.3 Å². The summed E-state index contributed by atoms with van der Waals surface area (Å²) in [5.74, 6) is -0.314. The molecule has 4 saturated carbocycles. The molecule has 0 bridgehead atoms. The van der Waals surface area contributed by atoms with Crippen LogP contribution >= 0.6 is 0 Å². The first-order valence-electron chi connectivity index (χ1n) is 19.9. The lowest BCUT2D eigenvalue weighted by molar-refractivity contribution is -0.144. The van der Waals surface area contributed by atoms with Gasteiger partial charge in [-0.3, -0.25) is 19.2 Å². The fraction of sp³-hybridized carbons (Fsp3) is 0.775. The lowest BCUT2D eigenvalue weighted by Crippen LogP contribution is -2.63. The maximum atomic E-state index is 14.9. The largest absolute Gasteiger partial charge is 0.346 e. The van der Waals surface area contributed by atoms with E-state index in [4.69, 9.17) is 6.42 Å². The van der Waals surface area contributed by atoms with Crippen LogP contribution in [0.2, 0.25) is 0 Å². The zero-order valence-corrected chi connectivity index (χ0v) is 32.8. The molecule has 1 aliphatic heterocycles. The van der Waals surface area contributed by atoms with Gasteiger partial charge in [-0.15, -0.1) is 18.9 Å². The van der Waals surface area contributed by atoms with Crippen molar-refractivity contribution in [3.63, 3.8) is 0 Å². The fourth-order valence-corrected chi connectivity index (χ4v) is 11.1. The number of ketones is 1. The molecule has 1 heterocycles. The number of Topliss-reactive ketones (excluding diaryl/α,β-unsaturated/α-hetero) is 1. The van der Waals surface area contributed by atoms with E-state index in [1.165, 1.54) is 6.08 Å². The molecule has 5 rings (SSSR count). The Labute approximate surface area is 316 Å². The van der Waals surface area contributed by atoms with Crippen LogP contribution in [0.1, 0.15) is 124 Å². The van der Waals surface area contributed by atoms with E-state index in [2.05, 4.69) is 33.8 Å². The van der Waals surface area contributed by atoms with Crippen LogP contribution in [0.3, 0.4) is 0 Å². The van der Waals surface area contributed by atoms with E-state index >= 15 is 0 Å². The molecule has 0 aromatic carbocycles. The standard InChI is InChI=1S/C40H61N5O7S/c1-6-8-17-30(33(46)35(48)41-24-7-2)42-34(47)32-28-18-21-39(22-23-39)29(28)25-45(32)36(49)31(27-15-11-9-12-16-27)43-37(50)44-40(19-13-10-14-20-40)26-53(51,52)38(3,4)5/h1,7,27-32H,2,8-26H2,3-5H3,(H,41,48)(H,42,47)(H2,43,44,50)/t28-,29-,30?,31-,32-/m0/s1. The number of terminal acetylenes is 1. The average Bonchev–Trinajstić information content (AvgIpc) is 3.69. The zero-order valence-electron chi connectivity index (χ0n) is 32.0. The number of amides is 5. The molecule has 0 radical (unpaired) electrons. The fourth-order valence-electron chi connectivity index (χ4n) is 9.63. The molecule has 13 heteroatoms. The first-order valence-corrected chi connectivity index (χ1v) is 21.5. The van der Waals surface area contributed by atoms with Gasteiger partial charge in [0.05, 0.1) is 22.1 Å². The second kappa shape index (κ2) is 16.5. The van der Waals surface area contributed by atoms with E-state index in [0.29, 0.717) is 19.4 Å². The second-order valence-corrected chi connectivity index (χ2v) is 20.2. The number of likely N-dealkylation sites (tertiary alicyclic amines) is 1. The van der Waals surface area contributed by atoms with Crippen molar-refractivity contribution in [1.82, 2.24) is 26.2 Å². The highest BCUT2D eigenvalue weighted by molar-refractivity contribution is 7.92. The van der Waals surface area contributed by atoms with Gasteiger partial charge in [0.25, 0.3) is 5.91 Å². The van der Waals surface area contributed by atoms with Gasteiger partial charge in [-0.2, -0.15) is 0 Å². The molecule has 4 N–H and O–H groups in total. The highest BCUT2D eigenvalue weighted by Crippen LogP contribution is 2.66. The first kappa shape index (κ1) is 40.8. The van der Waals surface area contributed by atoms with Crippen molar-refractivity contribution in [3.05, 3.63) is 12.7 Å². The average molecular weight is 756 g/mol. The molecule has 294 valence electrons. The summed E-state index contributed by atoms with van der Waals surface area (Å²) < 4.78 is 25.9. The number of hydrogen-bond acceptors (Lipinski definition) is 7. The lowest BCUT2D eigenvalue weighted by Gasteiger charge is -2.41. The van der Waals surface area contributed by atoms with E-state index in [0.717, 1.165) is 77.0 Å². The van der Waals surface area contributed by atoms with Gasteiger partial charge in [0.2, 0.25) is 17.6 Å². The maximum Gasteiger partial charge on any atom is 0.315 e. The third-order valence-electron chi connectivity index (χ3n) is 13.0. The van der Waals surface area contributed by atoms with Gasteiger partial charge in [0.15, 0.2) is 9.84 Å². The number of sulfone groups is 1. The van der Waals surface area contributed by atoms with Gasteiger partial charge >= 0.3 is 6.03 Å². The van der Waals surface area contributed by atoms with E-state index in [9.17, 15) is 32.4 Å². The predicted octanol–water partition coefficient (Wildman–Crippen LogP) is 3.94. The molecular weight excluding hydrogens is 695 g/mol. The molecule has 1 spiro atoms. The van der Waals surface area contributed by atoms with Crippen molar-refractivity contribution in [2.75, 3.05) is 18.8 Å². The Hall–Kier alpha value is -3.40. The molecule has 1 saturated heterocycles. The molecule has 53 heavy (non-hydrogen) atoms. The summed E-state index contributed by atoms with van der Waals surface area (Å²) in [6, 6.07) is -3.51. The normalized spacial score (nSPS) is 26.0. The third-order valence-corrected chi connectivity index (χ3v) is 15.8. The summed E-state index contributed by atoms with van der Waals surface area (Å²) in [5, 5.41) is 11.4. The summed E-state index contributed by atoms with van der Waals surface area (Å²) in [6.07, 6.45) is 19.0. The molecule has 0 aromatic heterocycles. The van der Waals surface area contributed by atoms with Crippen LogP contribution in [0.15, 0.2) is 12.7 Å². The molecule has 12 nitrogen and oxygen atoms in total. The Morgan fingerprint density at radius 1 is 0.943 bits per heavy atom. The smallest absolute Gasteiger partial charge is 0.315 e. The number of hydrogen-bond donors (Lipinski definition) is 4. The maximum absolute atomic E-state index is 14.9. The van der Waals surface area contributed by atoms with E-state index in [1.54, 1.807) is 25.7 Å². The van der Waals surface area contributed by atoms with Crippen LogP contribution in [0, 0.1) is 35.5 Å². The number of carbonyl (C=O) groups excluding carboxylic acids is 5. The van der Waals surface area contributed by atoms with Crippen LogP contribution in [-0.4, -0.2) is 90.1 Å². The lowest BCUT2D eigenvalue weighted by atomic mass is 9.82. The summed E-state index contributed by atoms with van der Waals surface area (Å²) in [7, 11) is -3.57. The van der Waals surface area contributed by atoms with Gasteiger partial charge in [0.1, 0.15) is 12.1 Å². The molecular formula is C40H61N5O7S. The Morgan fingerprint density at radius 3 is 2.21 bits per heavy atom. The van der Waals surface area contributed by atoms with Crippen LogP contribution < -0.4 is 21.3 Å². The first-order chi connectivity index (χ1) is 25.1. The predicted molar refractivity (Wildman–Crippen MR) is 203 cm³/mol. The number of nitrogens with zero attached hydrogens (tertiary/aromatic N) is 1. The van der Waals surface area contributed by atoms with Crippen LogP contribution in [0.4, 0.5) is 4.79 Å². The Balaban J connectivity index is 1.41. The molecule has 1 unspecified atom stereocenters. The third kappa shape index (κ3) is 9.12. The Morgan fingerprint density at radius 2 is 1.60 bits per heavy atom. The van der Waals surface area contributed by atoms with Gasteiger partial charge in [-0.05, 0) is 102 Å². The number of urea groups is 1. The van der Waals surface area contributed by atoms with E-state index < -0.39 is 61.9 Å². The minimum absolute atomic E-state index is 0.0698. The zero-order chi connectivity index (χ0) is 38.6. The SMILES string of the molecule is C#CCCC(NC(=O)[C@@H]1[C@H]2CCC3(CC3)[C@H]2CN1C(=O)[C@@H](NC(=O)NC1(CS(=O)(=O)C(C)(C)C)CCCCC1)C1CCCCC1)C(=O)C(=O)NCC=C. The Kier molecular flexibility index (Phi) is 12.7. The molecule has 5 amide bonds. The summed E-state index contributed by atoms with van der Waals surface area (Å²) in [5.41, 5.74) is -0.851. The van der Waals surface area contributed by atoms with Crippen molar-refractivity contribution >= 4 is 39.4 Å². The number of fused-ring (bicyclic) bond motifs is 2. The molecule has 5 fully saturated rings. The van der Waals surface area contributed by atoms with Crippen LogP contribution in [0.25, 0.3) is 0 Å². The highest BCUT2D eigenvalue weighted by Gasteiger charge is 2.64. The monoisotopic (exact) mass is 755 g/mol. The Bertz CT molecular complexity index is 1560. The quantitative estimate of drug-likeness (QED) is 0.118. The van der Waals surface area contributed by atoms with Gasteiger partial charge in [0, 0.05) is 19.5 Å². The van der Waals surface area contributed by atoms with Crippen molar-refractivity contribution in [2.24, 2.45) is 23.2 Å². The number of nitrogens with one attached hydrogen (secondary N) is 4. The van der Waals surface area contributed by atoms with Crippen molar-refractivity contribution in [2.45, 2.75) is 152 Å². The molecule has 4 aliphatic carbocycles. The van der Waals surface area contributed by atoms with E-state index in [-0.39, 0.29) is 54.2 Å². The summed E-state index contributed by atoms with van der Waals surface area (Å²) >= 11 is 0.